The van der Waals surface area contributed by atoms with Crippen molar-refractivity contribution in [2.75, 3.05) is 26.2 Å². The maximum atomic E-state index is 12.5. The van der Waals surface area contributed by atoms with Crippen LogP contribution >= 0.6 is 11.3 Å². The summed E-state index contributed by atoms with van der Waals surface area (Å²) in [5.41, 5.74) is 3.47. The number of carbonyl (C=O) groups excluding carboxylic acids is 1. The summed E-state index contributed by atoms with van der Waals surface area (Å²) in [5.74, 6) is -1.62. The number of thiophene rings is 1. The average molecular weight is 474 g/mol. The van der Waals surface area contributed by atoms with E-state index in [1.807, 2.05) is 35.6 Å². The molecule has 32 heavy (non-hydrogen) atoms. The Bertz CT molecular complexity index is 915. The largest absolute Gasteiger partial charge is 0.490 e. The summed E-state index contributed by atoms with van der Waals surface area (Å²) < 4.78 is 37.0. The van der Waals surface area contributed by atoms with Gasteiger partial charge >= 0.3 is 12.1 Å². The first kappa shape index (κ1) is 24.2. The van der Waals surface area contributed by atoms with Gasteiger partial charge in [0, 0.05) is 37.1 Å². The highest BCUT2D eigenvalue weighted by atomic mass is 32.1. The molecule has 1 spiro atoms. The van der Waals surface area contributed by atoms with Crippen LogP contribution in [0.25, 0.3) is 0 Å². The summed E-state index contributed by atoms with van der Waals surface area (Å²) >= 11 is 1.59. The lowest BCUT2D eigenvalue weighted by atomic mass is 9.77. The number of hydrogen-bond donors (Lipinski definition) is 1. The minimum absolute atomic E-state index is 0.196. The number of amides is 1. The third-order valence-electron chi connectivity index (χ3n) is 6.20. The molecule has 0 aromatic carbocycles. The van der Waals surface area contributed by atoms with Crippen molar-refractivity contribution < 1.29 is 32.4 Å². The second-order valence-corrected chi connectivity index (χ2v) is 9.15. The van der Waals surface area contributed by atoms with Crippen LogP contribution in [0.3, 0.4) is 0 Å². The molecule has 0 radical (unpaired) electrons. The van der Waals surface area contributed by atoms with Gasteiger partial charge in [0.2, 0.25) is 0 Å². The van der Waals surface area contributed by atoms with E-state index in [9.17, 15) is 18.0 Å². The molecule has 2 fully saturated rings. The van der Waals surface area contributed by atoms with E-state index in [1.165, 1.54) is 12.0 Å². The van der Waals surface area contributed by atoms with Gasteiger partial charge in [0.1, 0.15) is 5.76 Å². The van der Waals surface area contributed by atoms with Gasteiger partial charge in [-0.2, -0.15) is 24.5 Å². The van der Waals surface area contributed by atoms with Gasteiger partial charge in [-0.25, -0.2) is 4.79 Å². The number of aliphatic carboxylic acids is 1. The lowest BCUT2D eigenvalue weighted by Gasteiger charge is -2.39. The molecule has 0 unspecified atom stereocenters. The van der Waals surface area contributed by atoms with Crippen LogP contribution < -0.4 is 0 Å². The maximum absolute atomic E-state index is 12.5. The first-order valence-corrected chi connectivity index (χ1v) is 11.2. The molecule has 2 aliphatic heterocycles. The van der Waals surface area contributed by atoms with Crippen molar-refractivity contribution in [3.63, 3.8) is 0 Å². The first-order chi connectivity index (χ1) is 15.0. The van der Waals surface area contributed by atoms with Crippen molar-refractivity contribution in [3.8, 4) is 0 Å². The number of carboxylic acids is 1. The Hall–Kier alpha value is -2.40. The average Bonchev–Trinajstić information content (AvgIpc) is 3.47. The van der Waals surface area contributed by atoms with Crippen LogP contribution in [0.1, 0.15) is 46.6 Å². The number of carboxylic acid groups (broad SMARTS) is 1. The summed E-state index contributed by atoms with van der Waals surface area (Å²) in [7, 11) is 0. The Morgan fingerprint density at radius 3 is 2.34 bits per heavy atom. The second-order valence-electron chi connectivity index (χ2n) is 8.37. The number of hydrogen-bond acceptors (Lipinski definition) is 6. The van der Waals surface area contributed by atoms with Gasteiger partial charge in [-0.15, -0.1) is 0 Å². The third kappa shape index (κ3) is 5.69. The predicted octanol–water partition coefficient (Wildman–Crippen LogP) is 4.11. The van der Waals surface area contributed by atoms with Crippen LogP contribution in [0.2, 0.25) is 0 Å². The number of piperidine rings is 1. The number of rotatable bonds is 3. The van der Waals surface area contributed by atoms with E-state index < -0.39 is 12.1 Å². The Morgan fingerprint density at radius 2 is 1.84 bits per heavy atom. The van der Waals surface area contributed by atoms with Crippen molar-refractivity contribution in [1.29, 1.82) is 0 Å². The number of likely N-dealkylation sites (tertiary alicyclic amines) is 2. The van der Waals surface area contributed by atoms with E-state index in [-0.39, 0.29) is 5.91 Å². The lowest BCUT2D eigenvalue weighted by molar-refractivity contribution is -0.192. The Balaban J connectivity index is 0.000000360. The number of carbonyl (C=O) groups is 2. The van der Waals surface area contributed by atoms with Crippen molar-refractivity contribution in [2.45, 2.75) is 45.8 Å². The number of alkyl halides is 3. The highest BCUT2D eigenvalue weighted by Crippen LogP contribution is 2.41. The smallest absolute Gasteiger partial charge is 0.475 e. The molecule has 7 nitrogen and oxygen atoms in total. The van der Waals surface area contributed by atoms with E-state index in [0.29, 0.717) is 5.41 Å². The topological polar surface area (TPSA) is 86.9 Å². The minimum Gasteiger partial charge on any atom is -0.475 e. The number of halogens is 3. The van der Waals surface area contributed by atoms with Gasteiger partial charge in [-0.05, 0) is 56.5 Å². The first-order valence-electron chi connectivity index (χ1n) is 10.3. The molecule has 1 amide bonds. The zero-order valence-electron chi connectivity index (χ0n) is 17.9. The molecule has 0 atom stereocenters. The molecule has 176 valence electrons. The van der Waals surface area contributed by atoms with Crippen LogP contribution in [0.15, 0.2) is 21.3 Å². The van der Waals surface area contributed by atoms with Crippen LogP contribution in [-0.2, 0) is 11.3 Å². The van der Waals surface area contributed by atoms with Gasteiger partial charge in [0.25, 0.3) is 5.91 Å². The molecule has 2 aromatic rings. The highest BCUT2D eigenvalue weighted by molar-refractivity contribution is 7.08. The van der Waals surface area contributed by atoms with Crippen molar-refractivity contribution >= 4 is 23.2 Å². The van der Waals surface area contributed by atoms with Gasteiger partial charge < -0.3 is 14.5 Å². The summed E-state index contributed by atoms with van der Waals surface area (Å²) in [4.78, 5) is 26.0. The van der Waals surface area contributed by atoms with Crippen molar-refractivity contribution in [2.24, 2.45) is 5.41 Å². The fourth-order valence-corrected chi connectivity index (χ4v) is 4.90. The minimum atomic E-state index is -5.08. The molecule has 2 saturated heterocycles. The molecule has 4 rings (SSSR count). The maximum Gasteiger partial charge on any atom is 0.490 e. The van der Waals surface area contributed by atoms with E-state index >= 15 is 0 Å². The Kier molecular flexibility index (Phi) is 7.29. The second kappa shape index (κ2) is 9.62. The predicted molar refractivity (Wildman–Crippen MR) is 111 cm³/mol. The molecular weight excluding hydrogens is 447 g/mol. The molecule has 1 N–H and O–H groups in total. The SMILES string of the molecule is Cc1noc(C)c1CN1CCC2(CCN(C(=O)c3ccsc3)CC2)C1.O=C(O)C(F)(F)F. The van der Waals surface area contributed by atoms with Crippen LogP contribution in [0, 0.1) is 19.3 Å². The lowest BCUT2D eigenvalue weighted by Crippen LogP contribution is -2.44. The Morgan fingerprint density at radius 1 is 1.22 bits per heavy atom. The summed E-state index contributed by atoms with van der Waals surface area (Å²) in [6, 6.07) is 1.93. The van der Waals surface area contributed by atoms with Crippen LogP contribution in [0.5, 0.6) is 0 Å². The zero-order chi connectivity index (χ0) is 23.5. The van der Waals surface area contributed by atoms with Crippen LogP contribution in [-0.4, -0.2) is 64.3 Å². The molecule has 0 saturated carbocycles. The summed E-state index contributed by atoms with van der Waals surface area (Å²) in [6.45, 7) is 8.96. The summed E-state index contributed by atoms with van der Waals surface area (Å²) in [6.07, 6.45) is -1.63. The van der Waals surface area contributed by atoms with E-state index in [1.54, 1.807) is 11.3 Å². The summed E-state index contributed by atoms with van der Waals surface area (Å²) in [5, 5.41) is 15.1. The van der Waals surface area contributed by atoms with Gasteiger partial charge in [0.15, 0.2) is 0 Å². The molecule has 0 aliphatic carbocycles. The van der Waals surface area contributed by atoms with Gasteiger partial charge in [0.05, 0.1) is 11.3 Å². The molecule has 4 heterocycles. The zero-order valence-corrected chi connectivity index (χ0v) is 18.8. The van der Waals surface area contributed by atoms with Crippen molar-refractivity contribution in [3.05, 3.63) is 39.4 Å². The number of aromatic nitrogens is 1. The molecule has 0 bridgehead atoms. The fourth-order valence-electron chi connectivity index (χ4n) is 4.27. The number of nitrogens with zero attached hydrogens (tertiary/aromatic N) is 3. The normalized spacial score (nSPS) is 18.5. The standard InChI is InChI=1S/C19H25N3O2S.C2HF3O2/c1-14-17(15(2)24-20-14)11-21-7-4-19(13-21)5-8-22(9-6-19)18(23)16-3-10-25-12-16;3-2(4,5)1(6)7/h3,10,12H,4-9,11,13H2,1-2H3;(H,6,7). The molecule has 11 heteroatoms. The number of aryl methyl sites for hydroxylation is 2. The van der Waals surface area contributed by atoms with Crippen molar-refractivity contribution in [1.82, 2.24) is 15.0 Å². The van der Waals surface area contributed by atoms with E-state index in [2.05, 4.69) is 10.1 Å². The monoisotopic (exact) mass is 473 g/mol. The fraction of sp³-hybridized carbons (Fsp3) is 0.571. The van der Waals surface area contributed by atoms with Gasteiger partial charge in [-0.3, -0.25) is 9.69 Å². The van der Waals surface area contributed by atoms with Gasteiger partial charge in [-0.1, -0.05) is 5.16 Å². The van der Waals surface area contributed by atoms with E-state index in [4.69, 9.17) is 14.4 Å². The highest BCUT2D eigenvalue weighted by Gasteiger charge is 2.41. The Labute approximate surface area is 187 Å². The molecular formula is C21H26F3N3O4S. The van der Waals surface area contributed by atoms with Crippen LogP contribution in [0.4, 0.5) is 13.2 Å². The molecule has 2 aliphatic rings. The third-order valence-corrected chi connectivity index (χ3v) is 6.89. The molecule has 2 aromatic heterocycles. The van der Waals surface area contributed by atoms with E-state index in [0.717, 1.165) is 62.6 Å². The quantitative estimate of drug-likeness (QED) is 0.722.